The summed E-state index contributed by atoms with van der Waals surface area (Å²) in [7, 11) is 0. The summed E-state index contributed by atoms with van der Waals surface area (Å²) in [6.45, 7) is 1.91. The molecule has 0 aliphatic heterocycles. The van der Waals surface area contributed by atoms with Gasteiger partial charge in [-0.15, -0.1) is 11.8 Å². The van der Waals surface area contributed by atoms with E-state index in [1.54, 1.807) is 17.8 Å². The second-order valence-corrected chi connectivity index (χ2v) is 6.33. The molecule has 0 saturated carbocycles. The van der Waals surface area contributed by atoms with Crippen LogP contribution in [-0.4, -0.2) is 11.8 Å². The molecule has 0 saturated heterocycles. The van der Waals surface area contributed by atoms with Gasteiger partial charge in [0.1, 0.15) is 5.82 Å². The first kappa shape index (κ1) is 15.4. The van der Waals surface area contributed by atoms with Gasteiger partial charge in [0.25, 0.3) is 0 Å². The number of aryl methyl sites for hydroxylation is 1. The Morgan fingerprint density at radius 3 is 2.75 bits per heavy atom. The molecule has 1 unspecified atom stereocenters. The molecule has 20 heavy (non-hydrogen) atoms. The molecule has 0 aliphatic rings. The largest absolute Gasteiger partial charge is 0.327 e. The highest BCUT2D eigenvalue weighted by atomic mass is 35.5. The molecule has 0 fully saturated rings. The SMILES string of the molecule is Cc1cc(F)ccc1CC(N)CSc1cccc(Cl)c1. The lowest BCUT2D eigenvalue weighted by atomic mass is 10.0. The lowest BCUT2D eigenvalue weighted by Crippen LogP contribution is -2.25. The second-order valence-electron chi connectivity index (χ2n) is 4.80. The highest BCUT2D eigenvalue weighted by Crippen LogP contribution is 2.23. The zero-order valence-corrected chi connectivity index (χ0v) is 12.8. The Morgan fingerprint density at radius 1 is 1.25 bits per heavy atom. The van der Waals surface area contributed by atoms with Crippen molar-refractivity contribution in [2.45, 2.75) is 24.3 Å². The number of hydrogen-bond acceptors (Lipinski definition) is 2. The number of nitrogens with two attached hydrogens (primary N) is 1. The van der Waals surface area contributed by atoms with E-state index in [1.807, 2.05) is 37.3 Å². The van der Waals surface area contributed by atoms with Crippen LogP contribution < -0.4 is 5.73 Å². The number of rotatable bonds is 5. The third kappa shape index (κ3) is 4.51. The minimum absolute atomic E-state index is 0.0307. The number of thioether (sulfide) groups is 1. The van der Waals surface area contributed by atoms with Crippen molar-refractivity contribution in [1.82, 2.24) is 0 Å². The van der Waals surface area contributed by atoms with E-state index in [4.69, 9.17) is 17.3 Å². The molecule has 0 radical (unpaired) electrons. The smallest absolute Gasteiger partial charge is 0.123 e. The van der Waals surface area contributed by atoms with Crippen molar-refractivity contribution < 1.29 is 4.39 Å². The van der Waals surface area contributed by atoms with E-state index >= 15 is 0 Å². The van der Waals surface area contributed by atoms with Gasteiger partial charge in [0.2, 0.25) is 0 Å². The van der Waals surface area contributed by atoms with Crippen LogP contribution in [-0.2, 0) is 6.42 Å². The van der Waals surface area contributed by atoms with E-state index in [0.29, 0.717) is 0 Å². The van der Waals surface area contributed by atoms with Gasteiger partial charge >= 0.3 is 0 Å². The van der Waals surface area contributed by atoms with Gasteiger partial charge in [-0.1, -0.05) is 23.7 Å². The van der Waals surface area contributed by atoms with Crippen molar-refractivity contribution in [3.8, 4) is 0 Å². The maximum absolute atomic E-state index is 13.0. The normalized spacial score (nSPS) is 12.4. The topological polar surface area (TPSA) is 26.0 Å². The lowest BCUT2D eigenvalue weighted by Gasteiger charge is -2.13. The molecule has 106 valence electrons. The fraction of sp³-hybridized carbons (Fsp3) is 0.250. The second kappa shape index (κ2) is 7.11. The highest BCUT2D eigenvalue weighted by molar-refractivity contribution is 7.99. The quantitative estimate of drug-likeness (QED) is 0.826. The maximum atomic E-state index is 13.0. The average Bonchev–Trinajstić information content (AvgIpc) is 2.40. The Balaban J connectivity index is 1.90. The van der Waals surface area contributed by atoms with Crippen molar-refractivity contribution in [2.24, 2.45) is 5.73 Å². The minimum atomic E-state index is -0.201. The lowest BCUT2D eigenvalue weighted by molar-refractivity contribution is 0.624. The summed E-state index contributed by atoms with van der Waals surface area (Å²) in [6.07, 6.45) is 0.750. The van der Waals surface area contributed by atoms with Crippen LogP contribution in [0.25, 0.3) is 0 Å². The molecular weight excluding hydrogens is 293 g/mol. The van der Waals surface area contributed by atoms with Gasteiger partial charge in [0.15, 0.2) is 0 Å². The first-order valence-electron chi connectivity index (χ1n) is 6.43. The van der Waals surface area contributed by atoms with Crippen molar-refractivity contribution >= 4 is 23.4 Å². The molecule has 0 heterocycles. The summed E-state index contributed by atoms with van der Waals surface area (Å²) in [5, 5.41) is 0.734. The van der Waals surface area contributed by atoms with E-state index in [2.05, 4.69) is 0 Å². The number of halogens is 2. The van der Waals surface area contributed by atoms with E-state index in [1.165, 1.54) is 6.07 Å². The van der Waals surface area contributed by atoms with Crippen LogP contribution in [0.2, 0.25) is 5.02 Å². The Hall–Kier alpha value is -1.03. The van der Waals surface area contributed by atoms with Crippen LogP contribution in [0.15, 0.2) is 47.4 Å². The molecule has 2 rings (SSSR count). The molecule has 0 bridgehead atoms. The molecular formula is C16H17ClFNS. The molecule has 0 spiro atoms. The van der Waals surface area contributed by atoms with E-state index in [0.717, 1.165) is 33.2 Å². The molecule has 2 aromatic carbocycles. The van der Waals surface area contributed by atoms with Gasteiger partial charge in [0.05, 0.1) is 0 Å². The van der Waals surface area contributed by atoms with Crippen molar-refractivity contribution in [2.75, 3.05) is 5.75 Å². The average molecular weight is 310 g/mol. The summed E-state index contributed by atoms with van der Waals surface area (Å²) in [5.41, 5.74) is 8.21. The van der Waals surface area contributed by atoms with Gasteiger partial charge in [-0.25, -0.2) is 4.39 Å². The van der Waals surface area contributed by atoms with Crippen molar-refractivity contribution in [3.63, 3.8) is 0 Å². The molecule has 4 heteroatoms. The zero-order chi connectivity index (χ0) is 14.5. The fourth-order valence-corrected chi connectivity index (χ4v) is 3.15. The Morgan fingerprint density at radius 2 is 2.05 bits per heavy atom. The number of hydrogen-bond donors (Lipinski definition) is 1. The Bertz CT molecular complexity index is 588. The summed E-state index contributed by atoms with van der Waals surface area (Å²) in [4.78, 5) is 1.11. The van der Waals surface area contributed by atoms with Crippen LogP contribution in [0, 0.1) is 12.7 Å². The summed E-state index contributed by atoms with van der Waals surface area (Å²) in [6, 6.07) is 12.6. The maximum Gasteiger partial charge on any atom is 0.123 e. The molecule has 2 N–H and O–H groups in total. The predicted molar refractivity (Wildman–Crippen MR) is 85.0 cm³/mol. The van der Waals surface area contributed by atoms with Crippen LogP contribution in [0.1, 0.15) is 11.1 Å². The number of benzene rings is 2. The van der Waals surface area contributed by atoms with E-state index in [9.17, 15) is 4.39 Å². The van der Waals surface area contributed by atoms with Gasteiger partial charge in [-0.3, -0.25) is 0 Å². The van der Waals surface area contributed by atoms with Gasteiger partial charge in [-0.05, 0) is 54.8 Å². The van der Waals surface area contributed by atoms with Gasteiger partial charge in [0, 0.05) is 21.7 Å². The third-order valence-electron chi connectivity index (χ3n) is 3.05. The van der Waals surface area contributed by atoms with Gasteiger partial charge < -0.3 is 5.73 Å². The van der Waals surface area contributed by atoms with Crippen LogP contribution in [0.4, 0.5) is 4.39 Å². The first-order valence-corrected chi connectivity index (χ1v) is 7.80. The third-order valence-corrected chi connectivity index (χ3v) is 4.46. The summed E-state index contributed by atoms with van der Waals surface area (Å²) >= 11 is 7.63. The monoisotopic (exact) mass is 309 g/mol. The first-order chi connectivity index (χ1) is 9.54. The van der Waals surface area contributed by atoms with Crippen molar-refractivity contribution in [3.05, 3.63) is 64.4 Å². The minimum Gasteiger partial charge on any atom is -0.327 e. The summed E-state index contributed by atoms with van der Waals surface area (Å²) < 4.78 is 13.0. The van der Waals surface area contributed by atoms with E-state index in [-0.39, 0.29) is 11.9 Å². The highest BCUT2D eigenvalue weighted by Gasteiger charge is 2.08. The molecule has 2 aromatic rings. The Labute approximate surface area is 128 Å². The standard InChI is InChI=1S/C16H17ClFNS/c1-11-7-14(18)6-5-12(11)8-15(19)10-20-16-4-2-3-13(17)9-16/h2-7,9,15H,8,10,19H2,1H3. The molecule has 0 amide bonds. The van der Waals surface area contributed by atoms with Crippen molar-refractivity contribution in [1.29, 1.82) is 0 Å². The van der Waals surface area contributed by atoms with Crippen LogP contribution in [0.5, 0.6) is 0 Å². The van der Waals surface area contributed by atoms with Crippen LogP contribution >= 0.6 is 23.4 Å². The molecule has 0 aromatic heterocycles. The zero-order valence-electron chi connectivity index (χ0n) is 11.3. The molecule has 0 aliphatic carbocycles. The fourth-order valence-electron chi connectivity index (χ4n) is 1.99. The summed E-state index contributed by atoms with van der Waals surface area (Å²) in [5.74, 6) is 0.602. The van der Waals surface area contributed by atoms with Gasteiger partial charge in [-0.2, -0.15) is 0 Å². The molecule has 1 nitrogen and oxygen atoms in total. The van der Waals surface area contributed by atoms with E-state index < -0.39 is 0 Å². The van der Waals surface area contributed by atoms with Crippen LogP contribution in [0.3, 0.4) is 0 Å². The Kier molecular flexibility index (Phi) is 5.46. The predicted octanol–water partition coefficient (Wildman–Crippen LogP) is 4.45. The molecule has 1 atom stereocenters.